The van der Waals surface area contributed by atoms with Crippen LogP contribution in [0.3, 0.4) is 0 Å². The van der Waals surface area contributed by atoms with E-state index in [4.69, 9.17) is 4.43 Å². The van der Waals surface area contributed by atoms with Gasteiger partial charge in [0.2, 0.25) is 0 Å². The molecule has 6 saturated carbocycles. The third kappa shape index (κ3) is 2.33. The summed E-state index contributed by atoms with van der Waals surface area (Å²) in [6.07, 6.45) is 5.02. The van der Waals surface area contributed by atoms with Gasteiger partial charge in [-0.05, 0) is 79.6 Å². The Labute approximate surface area is 201 Å². The number of aliphatic hydroxyl groups is 1. The SMILES string of the molecule is C=C1C(=O)[C@]23CC[C@H]1[C@H](O)[C@H]2[C@@]12C4[C@@H]3C[C@@H]1[C@@](C)(CC[C@@H]2O[Si](C)(C)C(C)(C)C)CN4CC. The summed E-state index contributed by atoms with van der Waals surface area (Å²) in [6.45, 7) is 23.0. The molecule has 1 saturated heterocycles. The van der Waals surface area contributed by atoms with Crippen LogP contribution in [0, 0.1) is 39.9 Å². The summed E-state index contributed by atoms with van der Waals surface area (Å²) in [5.41, 5.74) is 0.479. The van der Waals surface area contributed by atoms with Gasteiger partial charge in [0.15, 0.2) is 14.1 Å². The van der Waals surface area contributed by atoms with Crippen LogP contribution in [0.2, 0.25) is 18.1 Å². The van der Waals surface area contributed by atoms with Crippen LogP contribution in [0.15, 0.2) is 12.2 Å². The number of ketones is 1. The van der Waals surface area contributed by atoms with E-state index in [9.17, 15) is 9.90 Å². The van der Waals surface area contributed by atoms with E-state index in [1.54, 1.807) is 0 Å². The lowest BCUT2D eigenvalue weighted by Gasteiger charge is -2.69. The maximum atomic E-state index is 14.0. The molecule has 0 amide bonds. The molecule has 7 aliphatic rings. The van der Waals surface area contributed by atoms with E-state index >= 15 is 0 Å². The Morgan fingerprint density at radius 3 is 2.58 bits per heavy atom. The van der Waals surface area contributed by atoms with Gasteiger partial charge in [-0.1, -0.05) is 41.2 Å². The van der Waals surface area contributed by atoms with Crippen LogP contribution >= 0.6 is 0 Å². The summed E-state index contributed by atoms with van der Waals surface area (Å²) in [4.78, 5) is 16.8. The number of rotatable bonds is 3. The number of likely N-dealkylation sites (tertiary alicyclic amines) is 1. The van der Waals surface area contributed by atoms with Crippen LogP contribution in [0.4, 0.5) is 0 Å². The van der Waals surface area contributed by atoms with Crippen molar-refractivity contribution in [3.63, 3.8) is 0 Å². The molecule has 5 heteroatoms. The minimum Gasteiger partial charge on any atom is -0.413 e. The van der Waals surface area contributed by atoms with Gasteiger partial charge in [-0.2, -0.15) is 0 Å². The van der Waals surface area contributed by atoms with E-state index in [1.807, 2.05) is 0 Å². The lowest BCUT2D eigenvalue weighted by atomic mass is 9.39. The zero-order valence-corrected chi connectivity index (χ0v) is 22.9. The second-order valence-electron chi connectivity index (χ2n) is 14.5. The topological polar surface area (TPSA) is 49.8 Å². The number of piperidine rings is 1. The summed E-state index contributed by atoms with van der Waals surface area (Å²) in [5.74, 6) is 1.21. The quantitative estimate of drug-likeness (QED) is 0.463. The molecule has 184 valence electrons. The molecule has 0 radical (unpaired) electrons. The predicted molar refractivity (Wildman–Crippen MR) is 133 cm³/mol. The molecule has 7 rings (SSSR count). The largest absolute Gasteiger partial charge is 0.413 e. The van der Waals surface area contributed by atoms with Crippen molar-refractivity contribution >= 4 is 14.1 Å². The van der Waals surface area contributed by atoms with Gasteiger partial charge in [0.05, 0.1) is 12.2 Å². The fourth-order valence-corrected chi connectivity index (χ4v) is 11.8. The summed E-state index contributed by atoms with van der Waals surface area (Å²) < 4.78 is 7.40. The number of fused-ring (bicyclic) bond motifs is 2. The van der Waals surface area contributed by atoms with Crippen molar-refractivity contribution < 1.29 is 14.3 Å². The van der Waals surface area contributed by atoms with Crippen LogP contribution in [0.25, 0.3) is 0 Å². The Kier molecular flexibility index (Phi) is 4.47. The summed E-state index contributed by atoms with van der Waals surface area (Å²) in [5, 5.41) is 12.1. The molecule has 6 aliphatic carbocycles. The maximum absolute atomic E-state index is 14.0. The van der Waals surface area contributed by atoms with E-state index in [-0.39, 0.29) is 33.8 Å². The molecular weight excluding hydrogens is 426 g/mol. The standard InChI is InChI=1S/C28H45NO3Si/c1-9-29-15-26(6)12-11-20(32-33(7,8)25(3,4)5)28-19(26)14-18(23(28)29)27-13-10-17(16(2)24(27)31)21(30)22(27)28/h17-23,30H,2,9-15H2,1,3-8H3/t17-,18+,19-,20+,21+,22-,23?,26+,27+,28-/m1/s1. The molecule has 0 aromatic carbocycles. The lowest BCUT2D eigenvalue weighted by Crippen LogP contribution is -2.73. The summed E-state index contributed by atoms with van der Waals surface area (Å²) >= 11 is 0. The van der Waals surface area contributed by atoms with Crippen molar-refractivity contribution in [2.24, 2.45) is 39.9 Å². The normalized spacial score (nSPS) is 53.0. The second-order valence-corrected chi connectivity index (χ2v) is 19.2. The minimum absolute atomic E-state index is 0.0410. The molecule has 0 aromatic heterocycles. The molecule has 0 aromatic rings. The first-order valence-corrected chi connectivity index (χ1v) is 16.5. The fraction of sp³-hybridized carbons (Fsp3) is 0.893. The predicted octanol–water partition coefficient (Wildman–Crippen LogP) is 5.03. The number of carbonyl (C=O) groups is 1. The van der Waals surface area contributed by atoms with Crippen LogP contribution < -0.4 is 0 Å². The van der Waals surface area contributed by atoms with Crippen molar-refractivity contribution in [2.75, 3.05) is 13.1 Å². The first-order valence-electron chi connectivity index (χ1n) is 13.6. The van der Waals surface area contributed by atoms with Gasteiger partial charge < -0.3 is 9.53 Å². The monoisotopic (exact) mass is 471 g/mol. The van der Waals surface area contributed by atoms with Crippen LogP contribution in [0.1, 0.15) is 66.7 Å². The van der Waals surface area contributed by atoms with E-state index in [1.165, 1.54) is 6.42 Å². The molecule has 1 aliphatic heterocycles. The second kappa shape index (κ2) is 6.43. The van der Waals surface area contributed by atoms with Crippen LogP contribution in [0.5, 0.6) is 0 Å². The van der Waals surface area contributed by atoms with E-state index in [2.05, 4.69) is 59.2 Å². The maximum Gasteiger partial charge on any atom is 0.192 e. The highest BCUT2D eigenvalue weighted by atomic mass is 28.4. The Morgan fingerprint density at radius 2 is 1.94 bits per heavy atom. The number of aliphatic hydroxyl groups excluding tert-OH is 1. The summed E-state index contributed by atoms with van der Waals surface area (Å²) in [7, 11) is -2.02. The molecule has 1 N–H and O–H groups in total. The van der Waals surface area contributed by atoms with Crippen LogP contribution in [-0.2, 0) is 9.22 Å². The third-order valence-corrected chi connectivity index (χ3v) is 17.0. The van der Waals surface area contributed by atoms with E-state index < -0.39 is 19.8 Å². The summed E-state index contributed by atoms with van der Waals surface area (Å²) in [6, 6.07) is 0.365. The average Bonchev–Trinajstić information content (AvgIpc) is 3.16. The zero-order chi connectivity index (χ0) is 23.9. The highest BCUT2D eigenvalue weighted by Gasteiger charge is 2.86. The number of Topliss-reactive ketones (excluding diaryl/α,β-unsaturated/α-hetero) is 1. The molecule has 7 fully saturated rings. The van der Waals surface area contributed by atoms with Gasteiger partial charge in [-0.3, -0.25) is 9.69 Å². The van der Waals surface area contributed by atoms with Gasteiger partial charge >= 0.3 is 0 Å². The first kappa shape index (κ1) is 22.9. The number of nitrogens with zero attached hydrogens (tertiary/aromatic N) is 1. The van der Waals surface area contributed by atoms with Gasteiger partial charge in [0.25, 0.3) is 0 Å². The molecule has 2 spiro atoms. The minimum atomic E-state index is -2.02. The van der Waals surface area contributed by atoms with Gasteiger partial charge in [0.1, 0.15) is 0 Å². The van der Waals surface area contributed by atoms with Crippen LogP contribution in [-0.4, -0.2) is 55.4 Å². The van der Waals surface area contributed by atoms with Crippen molar-refractivity contribution in [1.29, 1.82) is 0 Å². The van der Waals surface area contributed by atoms with Gasteiger partial charge in [0, 0.05) is 35.3 Å². The number of hydrogen-bond donors (Lipinski definition) is 1. The van der Waals surface area contributed by atoms with Crippen molar-refractivity contribution in [1.82, 2.24) is 4.90 Å². The lowest BCUT2D eigenvalue weighted by molar-refractivity contribution is -0.233. The molecule has 7 bridgehead atoms. The smallest absolute Gasteiger partial charge is 0.192 e. The zero-order valence-electron chi connectivity index (χ0n) is 21.9. The Balaban J connectivity index is 1.57. The number of hydrogen-bond acceptors (Lipinski definition) is 4. The Bertz CT molecular complexity index is 925. The van der Waals surface area contributed by atoms with E-state index in [0.29, 0.717) is 23.7 Å². The Hall–Kier alpha value is -0.493. The van der Waals surface area contributed by atoms with Crippen molar-refractivity contribution in [2.45, 2.75) is 103 Å². The molecule has 4 nitrogen and oxygen atoms in total. The fourth-order valence-electron chi connectivity index (χ4n) is 10.4. The first-order chi connectivity index (χ1) is 15.3. The number of carbonyl (C=O) groups excluding carboxylic acids is 1. The molecule has 33 heavy (non-hydrogen) atoms. The van der Waals surface area contributed by atoms with E-state index in [0.717, 1.165) is 44.3 Å². The van der Waals surface area contributed by atoms with Gasteiger partial charge in [-0.25, -0.2) is 0 Å². The van der Waals surface area contributed by atoms with Crippen molar-refractivity contribution in [3.8, 4) is 0 Å². The highest BCUT2D eigenvalue weighted by Crippen LogP contribution is 2.83. The molecule has 1 heterocycles. The molecule has 1 unspecified atom stereocenters. The van der Waals surface area contributed by atoms with Gasteiger partial charge in [-0.15, -0.1) is 0 Å². The van der Waals surface area contributed by atoms with Crippen molar-refractivity contribution in [3.05, 3.63) is 12.2 Å². The highest BCUT2D eigenvalue weighted by molar-refractivity contribution is 6.74. The molecular formula is C28H45NO3Si. The molecule has 10 atom stereocenters. The third-order valence-electron chi connectivity index (χ3n) is 12.5. The average molecular weight is 472 g/mol. The Morgan fingerprint density at radius 1 is 1.24 bits per heavy atom.